The fourth-order valence-corrected chi connectivity index (χ4v) is 6.20. The maximum Gasteiger partial charge on any atom is 0.330 e. The summed E-state index contributed by atoms with van der Waals surface area (Å²) in [6.07, 6.45) is 32.6. The molecule has 1 fully saturated rings. The van der Waals surface area contributed by atoms with Gasteiger partial charge in [-0.3, -0.25) is 23.7 Å². The zero-order valence-corrected chi connectivity index (χ0v) is 30.4. The highest BCUT2D eigenvalue weighted by Gasteiger charge is 2.38. The molecule has 0 aliphatic carbocycles. The molecule has 0 aromatic carbocycles. The summed E-state index contributed by atoms with van der Waals surface area (Å²) in [6.45, 7) is 3.79. The largest absolute Gasteiger partial charge is 0.356 e. The zero-order chi connectivity index (χ0) is 36.5. The van der Waals surface area contributed by atoms with E-state index in [1.165, 1.54) is 17.9 Å². The Kier molecular flexibility index (Phi) is 21.1. The molecule has 1 aliphatic rings. The number of carbonyl (C=O) groups excluding carboxylic acids is 1. The molecule has 1 aliphatic heterocycles. The number of aromatic nitrogens is 2. The lowest BCUT2D eigenvalue weighted by Gasteiger charge is -2.21. The van der Waals surface area contributed by atoms with E-state index in [4.69, 9.17) is 19.3 Å². The third-order valence-electron chi connectivity index (χ3n) is 7.64. The number of H-pyrrole nitrogens is 1. The molecule has 1 amide bonds. The van der Waals surface area contributed by atoms with E-state index in [1.54, 1.807) is 6.92 Å². The number of hydrogen-bond acceptors (Lipinski definition) is 8. The van der Waals surface area contributed by atoms with Crippen LogP contribution in [0.15, 0.2) is 93.8 Å². The van der Waals surface area contributed by atoms with E-state index in [9.17, 15) is 18.9 Å². The van der Waals surface area contributed by atoms with Crippen LogP contribution in [0.4, 0.5) is 0 Å². The van der Waals surface area contributed by atoms with Crippen LogP contribution in [0.3, 0.4) is 0 Å². The lowest BCUT2D eigenvalue weighted by Crippen LogP contribution is -2.33. The Morgan fingerprint density at radius 3 is 2.18 bits per heavy atom. The molecule has 1 saturated heterocycles. The van der Waals surface area contributed by atoms with E-state index in [1.807, 2.05) is 12.2 Å². The highest BCUT2D eigenvalue weighted by Crippen LogP contribution is 2.48. The average molecular weight is 713 g/mol. The molecule has 2 N–H and O–H groups in total. The number of rotatable bonds is 24. The van der Waals surface area contributed by atoms with Crippen molar-refractivity contribution in [3.63, 3.8) is 0 Å². The summed E-state index contributed by atoms with van der Waals surface area (Å²) in [6, 6.07) is -0.699. The minimum atomic E-state index is -3.54. The van der Waals surface area contributed by atoms with Gasteiger partial charge in [-0.2, -0.15) is 0 Å². The molecule has 2 heterocycles. The number of nitrogens with zero attached hydrogens (tertiary/aromatic N) is 4. The van der Waals surface area contributed by atoms with E-state index in [2.05, 4.69) is 88.0 Å². The SMILES string of the molecule is CC/C=C\C/C=C\C/C=C\C/C=C\C/C=C\C/C=C\CCC(=O)NCCCP(=O)(OC)OC[C@H]1OC(n2cc(C)c(=O)[nH]c2=O)C[C@@H]1N=[N+]=[N-]. The van der Waals surface area contributed by atoms with Crippen LogP contribution in [0.2, 0.25) is 0 Å². The van der Waals surface area contributed by atoms with Crippen molar-refractivity contribution in [2.24, 2.45) is 5.11 Å². The second-order valence-corrected chi connectivity index (χ2v) is 13.9. The predicted octanol–water partition coefficient (Wildman–Crippen LogP) is 7.65. The van der Waals surface area contributed by atoms with E-state index in [-0.39, 0.29) is 25.1 Å². The van der Waals surface area contributed by atoms with Crippen LogP contribution in [0, 0.1) is 6.92 Å². The van der Waals surface area contributed by atoms with Crippen LogP contribution in [0.25, 0.3) is 10.4 Å². The van der Waals surface area contributed by atoms with Crippen LogP contribution in [-0.4, -0.2) is 54.0 Å². The molecule has 0 spiro atoms. The minimum absolute atomic E-state index is 0.0534. The number of azide groups is 1. The molecule has 50 heavy (non-hydrogen) atoms. The van der Waals surface area contributed by atoms with E-state index in [0.29, 0.717) is 31.4 Å². The Bertz CT molecular complexity index is 1570. The van der Waals surface area contributed by atoms with Gasteiger partial charge in [0.1, 0.15) is 6.23 Å². The number of ether oxygens (including phenoxy) is 1. The van der Waals surface area contributed by atoms with Gasteiger partial charge in [0.05, 0.1) is 24.9 Å². The molecule has 2 unspecified atom stereocenters. The average Bonchev–Trinajstić information content (AvgIpc) is 3.50. The molecule has 2 rings (SSSR count). The smallest absolute Gasteiger partial charge is 0.330 e. The molecule has 14 heteroatoms. The molecule has 13 nitrogen and oxygen atoms in total. The van der Waals surface area contributed by atoms with Crippen LogP contribution >= 0.6 is 7.60 Å². The van der Waals surface area contributed by atoms with Gasteiger partial charge in [-0.1, -0.05) is 85.0 Å². The highest BCUT2D eigenvalue weighted by atomic mass is 31.2. The van der Waals surface area contributed by atoms with Gasteiger partial charge in [0.25, 0.3) is 5.56 Å². The zero-order valence-electron chi connectivity index (χ0n) is 29.5. The van der Waals surface area contributed by atoms with Gasteiger partial charge >= 0.3 is 13.3 Å². The molecule has 274 valence electrons. The van der Waals surface area contributed by atoms with Crippen molar-refractivity contribution >= 4 is 13.5 Å². The lowest BCUT2D eigenvalue weighted by atomic mass is 10.1. The Morgan fingerprint density at radius 2 is 1.62 bits per heavy atom. The summed E-state index contributed by atoms with van der Waals surface area (Å²) in [5, 5.41) is 6.57. The van der Waals surface area contributed by atoms with Crippen LogP contribution in [0.5, 0.6) is 0 Å². The monoisotopic (exact) mass is 712 g/mol. The van der Waals surface area contributed by atoms with Crippen molar-refractivity contribution < 1.29 is 23.1 Å². The number of carbonyl (C=O) groups is 1. The standard InChI is InChI=1S/C36H53N6O7P/c1-4-5-6-7-8-9-10-11-12-13-14-15-16-17-18-19-20-21-22-24-33(43)38-25-23-26-50(46,47-3)48-29-32-31(40-41-37)27-34(49-32)42-28-30(2)35(44)39-36(42)45/h5-6,8-9,11-12,14-15,17-18,20-21,28,31-32,34H,4,7,10,13,16,19,22-27,29H2,1-3H3,(H,38,43)(H,39,44,45)/b6-5-,9-8-,12-11-,15-14-,18-17-,21-20-/t31-,32+,34?,50?/m0/s1. The van der Waals surface area contributed by atoms with Crippen molar-refractivity contribution in [1.29, 1.82) is 0 Å². The third-order valence-corrected chi connectivity index (χ3v) is 9.60. The fourth-order valence-electron chi connectivity index (χ4n) is 4.86. The number of nitrogens with one attached hydrogen (secondary N) is 2. The van der Waals surface area contributed by atoms with Gasteiger partial charge in [0, 0.05) is 43.2 Å². The van der Waals surface area contributed by atoms with Gasteiger partial charge in [-0.15, -0.1) is 0 Å². The van der Waals surface area contributed by atoms with Crippen molar-refractivity contribution in [3.8, 4) is 0 Å². The Hall–Kier alpha value is -3.99. The first kappa shape index (κ1) is 42.2. The first-order chi connectivity index (χ1) is 24.2. The Labute approximate surface area is 295 Å². The van der Waals surface area contributed by atoms with E-state index in [0.717, 1.165) is 38.5 Å². The number of aryl methyl sites for hydroxylation is 1. The molecule has 4 atom stereocenters. The van der Waals surface area contributed by atoms with Crippen molar-refractivity contribution in [3.05, 3.63) is 116 Å². The number of hydrogen-bond donors (Lipinski definition) is 2. The maximum absolute atomic E-state index is 13.2. The van der Waals surface area contributed by atoms with Crippen LogP contribution < -0.4 is 16.6 Å². The van der Waals surface area contributed by atoms with Gasteiger partial charge in [0.2, 0.25) is 5.91 Å². The molecule has 0 radical (unpaired) electrons. The van der Waals surface area contributed by atoms with Gasteiger partial charge in [-0.05, 0) is 63.8 Å². The van der Waals surface area contributed by atoms with Gasteiger partial charge in [-0.25, -0.2) is 4.79 Å². The normalized spacial score (nSPS) is 19.5. The topological polar surface area (TPSA) is 177 Å². The van der Waals surface area contributed by atoms with Crippen LogP contribution in [0.1, 0.15) is 82.9 Å². The quantitative estimate of drug-likeness (QED) is 0.0276. The molecule has 1 aromatic heterocycles. The number of allylic oxidation sites excluding steroid dienone is 12. The molecular weight excluding hydrogens is 659 g/mol. The Morgan fingerprint density at radius 1 is 1.04 bits per heavy atom. The summed E-state index contributed by atoms with van der Waals surface area (Å²) < 4.78 is 31.1. The molecule has 0 bridgehead atoms. The number of amides is 1. The van der Waals surface area contributed by atoms with Crippen molar-refractivity contribution in [2.45, 2.75) is 96.4 Å². The summed E-state index contributed by atoms with van der Waals surface area (Å²) in [4.78, 5) is 41.3. The lowest BCUT2D eigenvalue weighted by molar-refractivity contribution is -0.121. The van der Waals surface area contributed by atoms with Crippen molar-refractivity contribution in [1.82, 2.24) is 14.9 Å². The van der Waals surface area contributed by atoms with E-state index < -0.39 is 37.2 Å². The van der Waals surface area contributed by atoms with Crippen molar-refractivity contribution in [2.75, 3.05) is 26.4 Å². The Balaban J connectivity index is 1.60. The molecule has 0 saturated carbocycles. The first-order valence-corrected chi connectivity index (χ1v) is 18.9. The summed E-state index contributed by atoms with van der Waals surface area (Å²) in [7, 11) is -2.27. The predicted molar refractivity (Wildman–Crippen MR) is 198 cm³/mol. The van der Waals surface area contributed by atoms with Crippen LogP contribution in [-0.2, 0) is 23.1 Å². The number of aromatic amines is 1. The second kappa shape index (κ2) is 25.0. The summed E-state index contributed by atoms with van der Waals surface area (Å²) >= 11 is 0. The molecular formula is C36H53N6O7P. The minimum Gasteiger partial charge on any atom is -0.356 e. The van der Waals surface area contributed by atoms with Gasteiger partial charge in [0.15, 0.2) is 0 Å². The highest BCUT2D eigenvalue weighted by molar-refractivity contribution is 7.53. The first-order valence-electron chi connectivity index (χ1n) is 17.2. The summed E-state index contributed by atoms with van der Waals surface area (Å²) in [5.41, 5.74) is 8.16. The fraction of sp³-hybridized carbons (Fsp3) is 0.528. The molecule has 1 aromatic rings. The van der Waals surface area contributed by atoms with Gasteiger partial charge < -0.3 is 19.1 Å². The van der Waals surface area contributed by atoms with E-state index >= 15 is 0 Å². The second-order valence-electron chi connectivity index (χ2n) is 11.6. The summed E-state index contributed by atoms with van der Waals surface area (Å²) in [5.74, 6) is -0.104. The maximum atomic E-state index is 13.2. The third kappa shape index (κ3) is 17.1.